The Kier molecular flexibility index (Phi) is 7.79. The first kappa shape index (κ1) is 23.2. The first-order chi connectivity index (χ1) is 14.2. The topological polar surface area (TPSA) is 102 Å². The fraction of sp³-hybridized carbons (Fsp3) is 0.435. The molecule has 0 radical (unpaired) electrons. The standard InChI is InChI=1S/C23H28N2O5/c1-6-29-9-7-8-25-22(27)19(13-24)16(4)20(23(25)28)21(26)17(5)30-18-11-14(2)10-15(3)12-18/h10-12,17,28H,6-9H2,1-5H3. The summed E-state index contributed by atoms with van der Waals surface area (Å²) in [5, 5.41) is 20.2. The molecule has 0 aliphatic carbocycles. The number of aryl methyl sites for hydroxylation is 2. The van der Waals surface area contributed by atoms with Crippen molar-refractivity contribution in [2.45, 2.75) is 53.7 Å². The van der Waals surface area contributed by atoms with Crippen LogP contribution in [0.15, 0.2) is 23.0 Å². The van der Waals surface area contributed by atoms with Crippen molar-refractivity contribution in [3.63, 3.8) is 0 Å². The van der Waals surface area contributed by atoms with Gasteiger partial charge in [0.2, 0.25) is 11.7 Å². The number of Topliss-reactive ketones (excluding diaryl/α,β-unsaturated/α-hetero) is 1. The molecule has 7 nitrogen and oxygen atoms in total. The van der Waals surface area contributed by atoms with E-state index < -0.39 is 23.3 Å². The molecular formula is C23H28N2O5. The zero-order valence-electron chi connectivity index (χ0n) is 18.1. The molecular weight excluding hydrogens is 384 g/mol. The lowest BCUT2D eigenvalue weighted by molar-refractivity contribution is 0.0812. The summed E-state index contributed by atoms with van der Waals surface area (Å²) in [6.45, 7) is 9.85. The zero-order valence-corrected chi connectivity index (χ0v) is 18.1. The average molecular weight is 412 g/mol. The van der Waals surface area contributed by atoms with Crippen LogP contribution in [0, 0.1) is 32.1 Å². The second kappa shape index (κ2) is 10.1. The highest BCUT2D eigenvalue weighted by atomic mass is 16.5. The van der Waals surface area contributed by atoms with Crippen LogP contribution in [-0.4, -0.2) is 34.8 Å². The fourth-order valence-electron chi connectivity index (χ4n) is 3.38. The molecule has 160 valence electrons. The third kappa shape index (κ3) is 5.08. The van der Waals surface area contributed by atoms with E-state index in [2.05, 4.69) is 0 Å². The SMILES string of the molecule is CCOCCCn1c(O)c(C(=O)C(C)Oc2cc(C)cc(C)c2)c(C)c(C#N)c1=O. The van der Waals surface area contributed by atoms with Crippen LogP contribution in [0.4, 0.5) is 0 Å². The van der Waals surface area contributed by atoms with E-state index in [1.54, 1.807) is 6.92 Å². The molecule has 0 fully saturated rings. The monoisotopic (exact) mass is 412 g/mol. The summed E-state index contributed by atoms with van der Waals surface area (Å²) in [5.41, 5.74) is 1.30. The highest BCUT2D eigenvalue weighted by molar-refractivity contribution is 6.03. The Bertz CT molecular complexity index is 1010. The predicted octanol–water partition coefficient (Wildman–Crippen LogP) is 3.43. The number of benzene rings is 1. The molecule has 1 aromatic carbocycles. The Labute approximate surface area is 176 Å². The van der Waals surface area contributed by atoms with Crippen LogP contribution in [0.2, 0.25) is 0 Å². The summed E-state index contributed by atoms with van der Waals surface area (Å²) in [4.78, 5) is 25.7. The Hall–Kier alpha value is -3.11. The number of carbonyl (C=O) groups is 1. The van der Waals surface area contributed by atoms with E-state index in [-0.39, 0.29) is 23.2 Å². The summed E-state index contributed by atoms with van der Waals surface area (Å²) in [6, 6.07) is 7.49. The summed E-state index contributed by atoms with van der Waals surface area (Å²) in [6.07, 6.45) is -0.464. The molecule has 0 aliphatic heterocycles. The number of ether oxygens (including phenoxy) is 2. The smallest absolute Gasteiger partial charge is 0.271 e. The van der Waals surface area contributed by atoms with E-state index in [0.29, 0.717) is 25.4 Å². The van der Waals surface area contributed by atoms with Crippen molar-refractivity contribution in [2.75, 3.05) is 13.2 Å². The summed E-state index contributed by atoms with van der Waals surface area (Å²) >= 11 is 0. The molecule has 30 heavy (non-hydrogen) atoms. The number of ketones is 1. The van der Waals surface area contributed by atoms with Crippen molar-refractivity contribution in [1.82, 2.24) is 4.57 Å². The number of aromatic hydroxyl groups is 1. The van der Waals surface area contributed by atoms with Crippen molar-refractivity contribution in [2.24, 2.45) is 0 Å². The lowest BCUT2D eigenvalue weighted by atomic mass is 9.99. The average Bonchev–Trinajstić information content (AvgIpc) is 2.66. The number of hydrogen-bond acceptors (Lipinski definition) is 6. The van der Waals surface area contributed by atoms with Gasteiger partial charge in [-0.25, -0.2) is 0 Å². The zero-order chi connectivity index (χ0) is 22.4. The number of carbonyl (C=O) groups excluding carboxylic acids is 1. The van der Waals surface area contributed by atoms with E-state index in [4.69, 9.17) is 9.47 Å². The normalized spacial score (nSPS) is 11.7. The van der Waals surface area contributed by atoms with Crippen LogP contribution in [0.3, 0.4) is 0 Å². The molecule has 2 rings (SSSR count). The Morgan fingerprint density at radius 1 is 1.23 bits per heavy atom. The van der Waals surface area contributed by atoms with E-state index in [0.717, 1.165) is 15.7 Å². The van der Waals surface area contributed by atoms with Gasteiger partial charge in [-0.15, -0.1) is 0 Å². The van der Waals surface area contributed by atoms with Crippen LogP contribution in [0.25, 0.3) is 0 Å². The highest BCUT2D eigenvalue weighted by Gasteiger charge is 2.28. The van der Waals surface area contributed by atoms with Crippen molar-refractivity contribution in [3.05, 3.63) is 56.4 Å². The van der Waals surface area contributed by atoms with Gasteiger partial charge in [-0.3, -0.25) is 14.2 Å². The Morgan fingerprint density at radius 2 is 1.87 bits per heavy atom. The second-order valence-electron chi connectivity index (χ2n) is 7.27. The molecule has 7 heteroatoms. The third-order valence-electron chi connectivity index (χ3n) is 4.80. The van der Waals surface area contributed by atoms with Gasteiger partial charge in [0.25, 0.3) is 5.56 Å². The van der Waals surface area contributed by atoms with Crippen molar-refractivity contribution >= 4 is 5.78 Å². The minimum absolute atomic E-state index is 0.0700. The lowest BCUT2D eigenvalue weighted by Gasteiger charge is -2.19. The van der Waals surface area contributed by atoms with Crippen molar-refractivity contribution in [3.8, 4) is 17.7 Å². The third-order valence-corrected chi connectivity index (χ3v) is 4.80. The number of nitrogens with zero attached hydrogens (tertiary/aromatic N) is 2. The predicted molar refractivity (Wildman–Crippen MR) is 113 cm³/mol. The summed E-state index contributed by atoms with van der Waals surface area (Å²) in [5.74, 6) is -0.413. The highest BCUT2D eigenvalue weighted by Crippen LogP contribution is 2.25. The first-order valence-electron chi connectivity index (χ1n) is 9.94. The van der Waals surface area contributed by atoms with Gasteiger partial charge in [-0.2, -0.15) is 5.26 Å². The number of aromatic nitrogens is 1. The molecule has 0 aliphatic rings. The maximum atomic E-state index is 13.1. The van der Waals surface area contributed by atoms with Crippen LogP contribution in [0.5, 0.6) is 11.6 Å². The van der Waals surface area contributed by atoms with Crippen LogP contribution < -0.4 is 10.3 Å². The fourth-order valence-corrected chi connectivity index (χ4v) is 3.38. The van der Waals surface area contributed by atoms with Gasteiger partial charge in [-0.05, 0) is 69.9 Å². The molecule has 0 spiro atoms. The van der Waals surface area contributed by atoms with Gasteiger partial charge >= 0.3 is 0 Å². The van der Waals surface area contributed by atoms with Crippen LogP contribution in [0.1, 0.15) is 52.9 Å². The molecule has 1 heterocycles. The van der Waals surface area contributed by atoms with Gasteiger partial charge in [0.1, 0.15) is 17.4 Å². The van der Waals surface area contributed by atoms with Gasteiger partial charge < -0.3 is 14.6 Å². The van der Waals surface area contributed by atoms with Crippen molar-refractivity contribution in [1.29, 1.82) is 5.26 Å². The number of rotatable bonds is 9. The van der Waals surface area contributed by atoms with Gasteiger partial charge in [0.05, 0.1) is 5.56 Å². The maximum Gasteiger partial charge on any atom is 0.271 e. The van der Waals surface area contributed by atoms with Crippen molar-refractivity contribution < 1.29 is 19.4 Å². The minimum Gasteiger partial charge on any atom is -0.494 e. The quantitative estimate of drug-likeness (QED) is 0.500. The second-order valence-corrected chi connectivity index (χ2v) is 7.27. The van der Waals surface area contributed by atoms with Crippen LogP contribution >= 0.6 is 0 Å². The summed E-state index contributed by atoms with van der Waals surface area (Å²) in [7, 11) is 0. The lowest BCUT2D eigenvalue weighted by Crippen LogP contribution is -2.31. The summed E-state index contributed by atoms with van der Waals surface area (Å²) < 4.78 is 12.1. The minimum atomic E-state index is -0.920. The Balaban J connectivity index is 2.42. The maximum absolute atomic E-state index is 13.1. The number of pyridine rings is 1. The van der Waals surface area contributed by atoms with E-state index in [9.17, 15) is 20.0 Å². The first-order valence-corrected chi connectivity index (χ1v) is 9.94. The molecule has 1 aromatic heterocycles. The molecule has 0 saturated carbocycles. The van der Waals surface area contributed by atoms with Gasteiger partial charge in [0.15, 0.2) is 6.10 Å². The molecule has 1 unspecified atom stereocenters. The van der Waals surface area contributed by atoms with E-state index in [1.807, 2.05) is 45.0 Å². The number of hydrogen-bond donors (Lipinski definition) is 1. The Morgan fingerprint density at radius 3 is 2.43 bits per heavy atom. The molecule has 0 bridgehead atoms. The molecule has 1 N–H and O–H groups in total. The number of nitriles is 1. The molecule has 2 aromatic rings. The largest absolute Gasteiger partial charge is 0.494 e. The molecule has 1 atom stereocenters. The van der Waals surface area contributed by atoms with Gasteiger partial charge in [0, 0.05) is 19.8 Å². The van der Waals surface area contributed by atoms with Gasteiger partial charge in [-0.1, -0.05) is 6.07 Å². The molecule has 0 amide bonds. The van der Waals surface area contributed by atoms with E-state index >= 15 is 0 Å². The van der Waals surface area contributed by atoms with Crippen LogP contribution in [-0.2, 0) is 11.3 Å². The molecule has 0 saturated heterocycles. The van der Waals surface area contributed by atoms with E-state index in [1.165, 1.54) is 6.92 Å².